The van der Waals surface area contributed by atoms with Gasteiger partial charge in [0.25, 0.3) is 5.91 Å². The first-order chi connectivity index (χ1) is 5.20. The molecule has 1 heterocycles. The second-order valence-electron chi connectivity index (χ2n) is 1.81. The standard InChI is InChI=1S/C5H5N3O2S/c1-8-4(10)3(2-9)11-5(8)7-6/h6H2,1H3. The number of likely N-dealkylation sites (N-methyl/N-ethyl adjacent to an activating group) is 1. The van der Waals surface area contributed by atoms with Crippen LogP contribution >= 0.6 is 11.8 Å². The molecule has 1 aliphatic heterocycles. The second kappa shape index (κ2) is 2.77. The van der Waals surface area contributed by atoms with E-state index in [4.69, 9.17) is 5.84 Å². The number of nitrogens with two attached hydrogens (primary N) is 1. The highest BCUT2D eigenvalue weighted by molar-refractivity contribution is 8.18. The highest BCUT2D eigenvalue weighted by Crippen LogP contribution is 2.26. The molecule has 6 heteroatoms. The lowest BCUT2D eigenvalue weighted by molar-refractivity contribution is -0.121. The number of nitrogens with zero attached hydrogens (tertiary/aromatic N) is 2. The monoisotopic (exact) mass is 171 g/mol. The van der Waals surface area contributed by atoms with E-state index in [9.17, 15) is 9.59 Å². The van der Waals surface area contributed by atoms with Gasteiger partial charge in [0.1, 0.15) is 5.94 Å². The summed E-state index contributed by atoms with van der Waals surface area (Å²) in [6, 6.07) is 0. The summed E-state index contributed by atoms with van der Waals surface area (Å²) >= 11 is 0.921. The Kier molecular flexibility index (Phi) is 1.98. The number of carbonyl (C=O) groups excluding carboxylic acids is 2. The average Bonchev–Trinajstić information content (AvgIpc) is 2.30. The number of amides is 1. The van der Waals surface area contributed by atoms with Gasteiger partial charge >= 0.3 is 0 Å². The van der Waals surface area contributed by atoms with Crippen molar-refractivity contribution in [2.45, 2.75) is 0 Å². The Hall–Kier alpha value is -1.26. The molecule has 0 aromatic carbocycles. The molecular weight excluding hydrogens is 166 g/mol. The molecule has 0 atom stereocenters. The van der Waals surface area contributed by atoms with Gasteiger partial charge in [0.2, 0.25) is 0 Å². The highest BCUT2D eigenvalue weighted by Gasteiger charge is 2.31. The van der Waals surface area contributed by atoms with Gasteiger partial charge in [-0.2, -0.15) is 5.10 Å². The van der Waals surface area contributed by atoms with E-state index in [0.717, 1.165) is 11.8 Å². The SMILES string of the molecule is CN1C(=O)C(=C=O)SC1=NN. The largest absolute Gasteiger partial charge is 0.321 e. The summed E-state index contributed by atoms with van der Waals surface area (Å²) in [7, 11) is 1.49. The molecule has 0 aromatic heterocycles. The second-order valence-corrected chi connectivity index (χ2v) is 2.79. The zero-order valence-electron chi connectivity index (χ0n) is 5.70. The van der Waals surface area contributed by atoms with E-state index < -0.39 is 5.91 Å². The third-order valence-electron chi connectivity index (χ3n) is 1.18. The van der Waals surface area contributed by atoms with Gasteiger partial charge in [-0.1, -0.05) is 0 Å². The van der Waals surface area contributed by atoms with E-state index in [1.807, 2.05) is 0 Å². The lowest BCUT2D eigenvalue weighted by atomic mass is 10.5. The zero-order chi connectivity index (χ0) is 8.43. The summed E-state index contributed by atoms with van der Waals surface area (Å²) in [6.45, 7) is 0. The van der Waals surface area contributed by atoms with Crippen LogP contribution in [0.1, 0.15) is 0 Å². The molecule has 1 fully saturated rings. The summed E-state index contributed by atoms with van der Waals surface area (Å²) in [5.41, 5.74) is 0. The third kappa shape index (κ3) is 1.13. The Labute approximate surface area is 66.9 Å². The minimum atomic E-state index is -0.408. The van der Waals surface area contributed by atoms with E-state index in [0.29, 0.717) is 5.17 Å². The van der Waals surface area contributed by atoms with Crippen LogP contribution in [0, 0.1) is 0 Å². The molecule has 0 unspecified atom stereocenters. The van der Waals surface area contributed by atoms with Gasteiger partial charge in [0, 0.05) is 7.05 Å². The molecule has 0 aliphatic carbocycles. The zero-order valence-corrected chi connectivity index (χ0v) is 6.51. The average molecular weight is 171 g/mol. The normalized spacial score (nSPS) is 21.2. The first-order valence-corrected chi connectivity index (χ1v) is 3.51. The quantitative estimate of drug-likeness (QED) is 0.222. The Balaban J connectivity index is 3.04. The molecule has 1 rings (SSSR count). The van der Waals surface area contributed by atoms with Crippen molar-refractivity contribution in [3.8, 4) is 0 Å². The maximum Gasteiger partial charge on any atom is 0.277 e. The van der Waals surface area contributed by atoms with Gasteiger partial charge < -0.3 is 5.84 Å². The topological polar surface area (TPSA) is 75.8 Å². The van der Waals surface area contributed by atoms with Crippen molar-refractivity contribution >= 4 is 28.8 Å². The van der Waals surface area contributed by atoms with E-state index in [2.05, 4.69) is 5.10 Å². The smallest absolute Gasteiger partial charge is 0.277 e. The van der Waals surface area contributed by atoms with Crippen molar-refractivity contribution in [1.29, 1.82) is 0 Å². The van der Waals surface area contributed by atoms with Crippen LogP contribution in [-0.2, 0) is 9.59 Å². The van der Waals surface area contributed by atoms with Crippen LogP contribution in [0.25, 0.3) is 0 Å². The number of hydrazone groups is 1. The minimum Gasteiger partial charge on any atom is -0.321 e. The number of rotatable bonds is 0. The number of carbonyl (C=O) groups is 1. The van der Waals surface area contributed by atoms with Gasteiger partial charge in [-0.25, -0.2) is 4.79 Å². The van der Waals surface area contributed by atoms with Gasteiger partial charge in [-0.15, -0.1) is 0 Å². The Morgan fingerprint density at radius 2 is 2.36 bits per heavy atom. The van der Waals surface area contributed by atoms with Crippen LogP contribution < -0.4 is 5.84 Å². The summed E-state index contributed by atoms with van der Waals surface area (Å²) in [5.74, 6) is 6.04. The van der Waals surface area contributed by atoms with Crippen LogP contribution in [0.4, 0.5) is 0 Å². The van der Waals surface area contributed by atoms with Gasteiger partial charge in [0.05, 0.1) is 0 Å². The predicted molar refractivity (Wildman–Crippen MR) is 41.2 cm³/mol. The fourth-order valence-electron chi connectivity index (χ4n) is 0.620. The van der Waals surface area contributed by atoms with Crippen molar-refractivity contribution in [1.82, 2.24) is 4.90 Å². The predicted octanol–water partition coefficient (Wildman–Crippen LogP) is -0.863. The van der Waals surface area contributed by atoms with Gasteiger partial charge in [0.15, 0.2) is 10.1 Å². The summed E-state index contributed by atoms with van der Waals surface area (Å²) < 4.78 is 0. The third-order valence-corrected chi connectivity index (χ3v) is 2.21. The van der Waals surface area contributed by atoms with E-state index in [1.165, 1.54) is 17.9 Å². The van der Waals surface area contributed by atoms with Gasteiger partial charge in [-0.05, 0) is 11.8 Å². The maximum absolute atomic E-state index is 11.0. The Bertz CT molecular complexity index is 279. The van der Waals surface area contributed by atoms with Crippen LogP contribution in [-0.4, -0.2) is 29.0 Å². The van der Waals surface area contributed by atoms with Crippen LogP contribution in [0.5, 0.6) is 0 Å². The van der Waals surface area contributed by atoms with Crippen LogP contribution in [0.15, 0.2) is 10.0 Å². The summed E-state index contributed by atoms with van der Waals surface area (Å²) in [6.07, 6.45) is 0. The lowest BCUT2D eigenvalue weighted by Crippen LogP contribution is -2.24. The Morgan fingerprint density at radius 3 is 2.64 bits per heavy atom. The van der Waals surface area contributed by atoms with Crippen molar-refractivity contribution < 1.29 is 9.59 Å². The Morgan fingerprint density at radius 1 is 1.73 bits per heavy atom. The minimum absolute atomic E-state index is 0.00306. The molecule has 1 saturated heterocycles. The fraction of sp³-hybridized carbons (Fsp3) is 0.200. The number of amidine groups is 1. The van der Waals surface area contributed by atoms with E-state index in [-0.39, 0.29) is 4.91 Å². The summed E-state index contributed by atoms with van der Waals surface area (Å²) in [5, 5.41) is 3.62. The van der Waals surface area contributed by atoms with E-state index in [1.54, 1.807) is 0 Å². The molecule has 0 aromatic rings. The molecule has 0 bridgehead atoms. The molecule has 5 nitrogen and oxygen atoms in total. The summed E-state index contributed by atoms with van der Waals surface area (Å²) in [4.78, 5) is 22.3. The van der Waals surface area contributed by atoms with Crippen LogP contribution in [0.2, 0.25) is 0 Å². The fourth-order valence-corrected chi connectivity index (χ4v) is 1.34. The van der Waals surface area contributed by atoms with Crippen molar-refractivity contribution in [3.63, 3.8) is 0 Å². The first kappa shape index (κ1) is 7.84. The molecule has 0 radical (unpaired) electrons. The van der Waals surface area contributed by atoms with Crippen molar-refractivity contribution in [2.24, 2.45) is 10.9 Å². The first-order valence-electron chi connectivity index (χ1n) is 2.69. The van der Waals surface area contributed by atoms with E-state index >= 15 is 0 Å². The molecule has 2 N–H and O–H groups in total. The number of hydrogen-bond donors (Lipinski definition) is 1. The molecule has 58 valence electrons. The molecule has 0 spiro atoms. The number of hydrogen-bond acceptors (Lipinski definition) is 5. The van der Waals surface area contributed by atoms with Gasteiger partial charge in [-0.3, -0.25) is 9.69 Å². The molecule has 0 saturated carbocycles. The van der Waals surface area contributed by atoms with Crippen LogP contribution in [0.3, 0.4) is 0 Å². The molecular formula is C5H5N3O2S. The maximum atomic E-state index is 11.0. The van der Waals surface area contributed by atoms with Crippen molar-refractivity contribution in [3.05, 3.63) is 4.91 Å². The number of thioether (sulfide) groups is 1. The van der Waals surface area contributed by atoms with Crippen molar-refractivity contribution in [2.75, 3.05) is 7.05 Å². The molecule has 11 heavy (non-hydrogen) atoms. The molecule has 1 amide bonds. The lowest BCUT2D eigenvalue weighted by Gasteiger charge is -2.03. The highest BCUT2D eigenvalue weighted by atomic mass is 32.2. The molecule has 1 aliphatic rings.